The number of likely N-dealkylation sites (tertiary alicyclic amines) is 1. The van der Waals surface area contributed by atoms with E-state index in [0.29, 0.717) is 25.4 Å². The zero-order valence-corrected chi connectivity index (χ0v) is 11.2. The summed E-state index contributed by atoms with van der Waals surface area (Å²) >= 11 is 0. The summed E-state index contributed by atoms with van der Waals surface area (Å²) in [6, 6.07) is 0. The molecule has 2 aliphatic rings. The minimum Gasteiger partial charge on any atom is -0.378 e. The molecule has 4 heteroatoms. The van der Waals surface area contributed by atoms with Gasteiger partial charge in [0.1, 0.15) is 0 Å². The van der Waals surface area contributed by atoms with Gasteiger partial charge in [-0.1, -0.05) is 13.8 Å². The van der Waals surface area contributed by atoms with Crippen molar-refractivity contribution in [3.8, 4) is 0 Å². The number of nitrogens with two attached hydrogens (primary N) is 1. The minimum atomic E-state index is -0.171. The first-order valence-corrected chi connectivity index (χ1v) is 6.53. The molecule has 1 amide bonds. The summed E-state index contributed by atoms with van der Waals surface area (Å²) in [5.41, 5.74) is 5.86. The molecule has 2 rings (SSSR count). The molecule has 2 fully saturated rings. The molecule has 1 aliphatic carbocycles. The first kappa shape index (κ1) is 12.8. The highest BCUT2D eigenvalue weighted by Gasteiger charge is 2.47. The lowest BCUT2D eigenvalue weighted by molar-refractivity contribution is -0.152. The molecule has 1 saturated carbocycles. The molecule has 0 aromatic carbocycles. The Kier molecular flexibility index (Phi) is 3.21. The predicted octanol–water partition coefficient (Wildman–Crippen LogP) is 1.14. The fraction of sp³-hybridized carbons (Fsp3) is 0.923. The zero-order valence-electron chi connectivity index (χ0n) is 11.2. The van der Waals surface area contributed by atoms with Crippen molar-refractivity contribution in [2.24, 2.45) is 11.7 Å². The average molecular weight is 240 g/mol. The van der Waals surface area contributed by atoms with Crippen LogP contribution in [0.3, 0.4) is 0 Å². The van der Waals surface area contributed by atoms with Crippen molar-refractivity contribution in [1.29, 1.82) is 0 Å². The molecule has 98 valence electrons. The van der Waals surface area contributed by atoms with Crippen LogP contribution in [0.5, 0.6) is 0 Å². The van der Waals surface area contributed by atoms with Crippen molar-refractivity contribution >= 4 is 5.91 Å². The molecule has 17 heavy (non-hydrogen) atoms. The van der Waals surface area contributed by atoms with Crippen LogP contribution in [0.2, 0.25) is 0 Å². The summed E-state index contributed by atoms with van der Waals surface area (Å²) in [6.07, 6.45) is 3.73. The molecule has 0 aromatic rings. The van der Waals surface area contributed by atoms with Crippen molar-refractivity contribution < 1.29 is 9.53 Å². The van der Waals surface area contributed by atoms with Crippen molar-refractivity contribution in [2.45, 2.75) is 50.7 Å². The first-order chi connectivity index (χ1) is 7.91. The Labute approximate surface area is 103 Å². The number of rotatable bonds is 4. The average Bonchev–Trinajstić information content (AvgIpc) is 2.18. The molecule has 0 bridgehead atoms. The van der Waals surface area contributed by atoms with E-state index in [1.165, 1.54) is 6.42 Å². The summed E-state index contributed by atoms with van der Waals surface area (Å²) in [6.45, 7) is 5.63. The van der Waals surface area contributed by atoms with Crippen LogP contribution < -0.4 is 5.73 Å². The van der Waals surface area contributed by atoms with Gasteiger partial charge in [-0.15, -0.1) is 0 Å². The molecule has 0 radical (unpaired) electrons. The fourth-order valence-electron chi connectivity index (χ4n) is 2.62. The van der Waals surface area contributed by atoms with Gasteiger partial charge in [0, 0.05) is 20.2 Å². The number of hydrogen-bond acceptors (Lipinski definition) is 3. The second kappa shape index (κ2) is 4.25. The van der Waals surface area contributed by atoms with Crippen LogP contribution >= 0.6 is 0 Å². The maximum atomic E-state index is 12.1. The second-order valence-corrected chi connectivity index (χ2v) is 6.06. The Morgan fingerprint density at radius 3 is 2.35 bits per heavy atom. The smallest absolute Gasteiger partial charge is 0.225 e. The predicted molar refractivity (Wildman–Crippen MR) is 66.5 cm³/mol. The number of methoxy groups -OCH3 is 1. The van der Waals surface area contributed by atoms with Crippen LogP contribution in [-0.2, 0) is 9.53 Å². The zero-order chi connectivity index (χ0) is 12.7. The molecular formula is C13H24N2O2. The summed E-state index contributed by atoms with van der Waals surface area (Å²) < 4.78 is 5.48. The van der Waals surface area contributed by atoms with E-state index in [2.05, 4.69) is 13.8 Å². The second-order valence-electron chi connectivity index (χ2n) is 6.06. The van der Waals surface area contributed by atoms with Gasteiger partial charge in [0.25, 0.3) is 0 Å². The summed E-state index contributed by atoms with van der Waals surface area (Å²) in [7, 11) is 1.71. The molecule has 2 N–H and O–H groups in total. The van der Waals surface area contributed by atoms with Gasteiger partial charge >= 0.3 is 0 Å². The SMILES string of the molecule is COC1(CC(=O)N2CC(N)(C(C)C)C2)CCC1. The Balaban J connectivity index is 1.83. The third-order valence-corrected chi connectivity index (χ3v) is 4.64. The Morgan fingerprint density at radius 2 is 2.00 bits per heavy atom. The van der Waals surface area contributed by atoms with Crippen LogP contribution in [0.1, 0.15) is 39.5 Å². The van der Waals surface area contributed by atoms with Crippen molar-refractivity contribution in [1.82, 2.24) is 4.90 Å². The van der Waals surface area contributed by atoms with Crippen LogP contribution in [-0.4, -0.2) is 42.1 Å². The van der Waals surface area contributed by atoms with Gasteiger partial charge in [-0.3, -0.25) is 4.79 Å². The highest BCUT2D eigenvalue weighted by molar-refractivity contribution is 5.78. The standard InChI is InChI=1S/C13H24N2O2/c1-10(2)13(14)8-15(9-13)11(16)7-12(17-3)5-4-6-12/h10H,4-9,14H2,1-3H3. The van der Waals surface area contributed by atoms with Crippen LogP contribution in [0.15, 0.2) is 0 Å². The maximum absolute atomic E-state index is 12.1. The lowest BCUT2D eigenvalue weighted by atomic mass is 9.75. The number of ether oxygens (including phenoxy) is 1. The molecule has 1 aliphatic heterocycles. The van der Waals surface area contributed by atoms with Crippen molar-refractivity contribution in [2.75, 3.05) is 20.2 Å². The molecule has 0 atom stereocenters. The topological polar surface area (TPSA) is 55.6 Å². The maximum Gasteiger partial charge on any atom is 0.225 e. The number of carbonyl (C=O) groups is 1. The van der Waals surface area contributed by atoms with Gasteiger partial charge in [0.15, 0.2) is 0 Å². The number of hydrogen-bond donors (Lipinski definition) is 1. The van der Waals surface area contributed by atoms with E-state index in [1.807, 2.05) is 4.90 Å². The molecule has 0 aromatic heterocycles. The first-order valence-electron chi connectivity index (χ1n) is 6.53. The quantitative estimate of drug-likeness (QED) is 0.801. The summed E-state index contributed by atoms with van der Waals surface area (Å²) in [5.74, 6) is 0.625. The van der Waals surface area contributed by atoms with E-state index in [-0.39, 0.29) is 17.0 Å². The van der Waals surface area contributed by atoms with Crippen LogP contribution in [0.25, 0.3) is 0 Å². The normalized spacial score (nSPS) is 25.4. The Bertz CT molecular complexity index is 299. The highest BCUT2D eigenvalue weighted by atomic mass is 16.5. The lowest BCUT2D eigenvalue weighted by Crippen LogP contribution is -2.71. The molecule has 4 nitrogen and oxygen atoms in total. The molecule has 0 unspecified atom stereocenters. The molecule has 0 spiro atoms. The van der Waals surface area contributed by atoms with Gasteiger partial charge in [-0.05, 0) is 25.2 Å². The monoisotopic (exact) mass is 240 g/mol. The molecule has 1 saturated heterocycles. The van der Waals surface area contributed by atoms with E-state index in [4.69, 9.17) is 10.5 Å². The van der Waals surface area contributed by atoms with E-state index >= 15 is 0 Å². The summed E-state index contributed by atoms with van der Waals surface area (Å²) in [5, 5.41) is 0. The van der Waals surface area contributed by atoms with Gasteiger partial charge in [0.05, 0.1) is 17.6 Å². The van der Waals surface area contributed by atoms with Gasteiger partial charge in [-0.25, -0.2) is 0 Å². The number of carbonyl (C=O) groups excluding carboxylic acids is 1. The van der Waals surface area contributed by atoms with E-state index in [0.717, 1.165) is 12.8 Å². The van der Waals surface area contributed by atoms with Gasteiger partial charge in [0.2, 0.25) is 5.91 Å². The minimum absolute atomic E-state index is 0.165. The van der Waals surface area contributed by atoms with E-state index < -0.39 is 0 Å². The third kappa shape index (κ3) is 2.20. The molecule has 1 heterocycles. The fourth-order valence-corrected chi connectivity index (χ4v) is 2.62. The Hall–Kier alpha value is -0.610. The Morgan fingerprint density at radius 1 is 1.41 bits per heavy atom. The van der Waals surface area contributed by atoms with Crippen LogP contribution in [0.4, 0.5) is 0 Å². The summed E-state index contributed by atoms with van der Waals surface area (Å²) in [4.78, 5) is 14.0. The lowest BCUT2D eigenvalue weighted by Gasteiger charge is -2.51. The van der Waals surface area contributed by atoms with E-state index in [9.17, 15) is 4.79 Å². The highest BCUT2D eigenvalue weighted by Crippen LogP contribution is 2.39. The number of nitrogens with zero attached hydrogens (tertiary/aromatic N) is 1. The van der Waals surface area contributed by atoms with Crippen molar-refractivity contribution in [3.05, 3.63) is 0 Å². The molecular weight excluding hydrogens is 216 g/mol. The van der Waals surface area contributed by atoms with Gasteiger partial charge in [-0.2, -0.15) is 0 Å². The third-order valence-electron chi connectivity index (χ3n) is 4.64. The van der Waals surface area contributed by atoms with E-state index in [1.54, 1.807) is 7.11 Å². The van der Waals surface area contributed by atoms with Crippen molar-refractivity contribution in [3.63, 3.8) is 0 Å². The van der Waals surface area contributed by atoms with Gasteiger partial charge < -0.3 is 15.4 Å². The van der Waals surface area contributed by atoms with Crippen LogP contribution in [0, 0.1) is 5.92 Å². The largest absolute Gasteiger partial charge is 0.378 e. The number of amides is 1.